The van der Waals surface area contributed by atoms with E-state index in [0.29, 0.717) is 24.7 Å². The first-order valence-corrected chi connectivity index (χ1v) is 13.9. The standard InChI is InChI=1S/C27H32N4O4S.2ClH/c32-27(23-18-22-19-29-25-10-4-9-24(31(22)25)26(23)36(33,34)35)28-14-5-8-21-12-16-30(17-13-21)15-11-20-6-2-1-3-7-20;;/h1-4,6-7,9-11,15,18,21-22,29H,5,8,12-14,16-17,19H2,(H,28,32)(H,33,34,35);2*1H. The molecule has 1 atom stereocenters. The molecular weight excluding hydrogens is 547 g/mol. The van der Waals surface area contributed by atoms with Crippen molar-refractivity contribution in [2.24, 2.45) is 5.92 Å². The van der Waals surface area contributed by atoms with Crippen molar-refractivity contribution < 1.29 is 17.8 Å². The molecule has 8 nitrogen and oxygen atoms in total. The summed E-state index contributed by atoms with van der Waals surface area (Å²) in [4.78, 5) is 16.8. The van der Waals surface area contributed by atoms with Crippen LogP contribution >= 0.6 is 24.8 Å². The molecule has 0 aliphatic carbocycles. The molecule has 2 saturated heterocycles. The van der Waals surface area contributed by atoms with E-state index in [9.17, 15) is 17.8 Å². The molecule has 2 fully saturated rings. The molecule has 3 N–H and O–H groups in total. The molecule has 0 aromatic heterocycles. The fourth-order valence-corrected chi connectivity index (χ4v) is 6.20. The van der Waals surface area contributed by atoms with Gasteiger partial charge in [-0.15, -0.1) is 24.8 Å². The van der Waals surface area contributed by atoms with E-state index in [1.807, 2.05) is 24.3 Å². The van der Waals surface area contributed by atoms with Crippen molar-refractivity contribution >= 4 is 46.9 Å². The van der Waals surface area contributed by atoms with Crippen LogP contribution < -0.4 is 10.6 Å². The van der Waals surface area contributed by atoms with E-state index in [2.05, 4.69) is 39.9 Å². The summed E-state index contributed by atoms with van der Waals surface area (Å²) in [5.74, 6) is 0.909. The van der Waals surface area contributed by atoms with Crippen LogP contribution in [0.2, 0.25) is 0 Å². The Morgan fingerprint density at radius 2 is 1.89 bits per heavy atom. The lowest BCUT2D eigenvalue weighted by atomic mass is 9.92. The molecule has 11 heteroatoms. The van der Waals surface area contributed by atoms with Crippen molar-refractivity contribution in [1.29, 1.82) is 0 Å². The van der Waals surface area contributed by atoms with Gasteiger partial charge in [0.05, 0.1) is 17.3 Å². The average molecular weight is 582 g/mol. The zero-order valence-corrected chi connectivity index (χ0v) is 23.4. The molecule has 5 rings (SSSR count). The minimum atomic E-state index is -4.59. The van der Waals surface area contributed by atoms with E-state index in [0.717, 1.165) is 44.6 Å². The van der Waals surface area contributed by atoms with Crippen molar-refractivity contribution in [2.75, 3.05) is 26.2 Å². The molecule has 0 radical (unpaired) electrons. The Balaban J connectivity index is 0.00000200. The number of halogens is 2. The number of hydrogen-bond acceptors (Lipinski definition) is 6. The Kier molecular flexibility index (Phi) is 10.1. The lowest BCUT2D eigenvalue weighted by Crippen LogP contribution is -2.38. The summed E-state index contributed by atoms with van der Waals surface area (Å²) in [5, 5.41) is 6.09. The molecular formula is C27H34Cl2N4O4S. The molecule has 4 heterocycles. The van der Waals surface area contributed by atoms with Crippen molar-refractivity contribution in [3.05, 3.63) is 88.4 Å². The number of nitrogens with one attached hydrogen (secondary N) is 2. The van der Waals surface area contributed by atoms with Gasteiger partial charge in [0, 0.05) is 26.2 Å². The SMILES string of the molecule is Cl.Cl.O=C(NCCCC1CCN(C=Cc2ccccc2)CC1)C1=CC2CNC3=CC=CC(=C1S(=O)(=O)O)N32. The summed E-state index contributed by atoms with van der Waals surface area (Å²) in [6, 6.07) is 10.1. The highest BCUT2D eigenvalue weighted by Crippen LogP contribution is 2.37. The van der Waals surface area contributed by atoms with E-state index in [4.69, 9.17) is 0 Å². The minimum Gasteiger partial charge on any atom is -0.377 e. The predicted octanol–water partition coefficient (Wildman–Crippen LogP) is 3.83. The van der Waals surface area contributed by atoms with Crippen LogP contribution in [0.25, 0.3) is 6.08 Å². The van der Waals surface area contributed by atoms with Gasteiger partial charge in [-0.05, 0) is 67.7 Å². The summed E-state index contributed by atoms with van der Waals surface area (Å²) in [7, 11) is -4.59. The number of piperidine rings is 1. The molecule has 1 unspecified atom stereocenters. The lowest BCUT2D eigenvalue weighted by Gasteiger charge is -2.33. The predicted molar refractivity (Wildman–Crippen MR) is 154 cm³/mol. The van der Waals surface area contributed by atoms with Gasteiger partial charge in [-0.25, -0.2) is 0 Å². The Bertz CT molecular complexity index is 1270. The van der Waals surface area contributed by atoms with Crippen LogP contribution in [-0.4, -0.2) is 60.9 Å². The first kappa shape index (κ1) is 29.8. The largest absolute Gasteiger partial charge is 0.377 e. The molecule has 38 heavy (non-hydrogen) atoms. The zero-order chi connectivity index (χ0) is 25.1. The Hall–Kier alpha value is -2.72. The van der Waals surface area contributed by atoms with Crippen molar-refractivity contribution in [2.45, 2.75) is 31.7 Å². The minimum absolute atomic E-state index is 0. The fraction of sp³-hybridized carbons (Fsp3) is 0.370. The molecule has 0 spiro atoms. The average Bonchev–Trinajstić information content (AvgIpc) is 3.30. The van der Waals surface area contributed by atoms with Gasteiger partial charge >= 0.3 is 0 Å². The van der Waals surface area contributed by atoms with Gasteiger partial charge in [0.25, 0.3) is 16.0 Å². The van der Waals surface area contributed by atoms with Crippen LogP contribution in [0.15, 0.2) is 82.8 Å². The summed E-state index contributed by atoms with van der Waals surface area (Å²) < 4.78 is 34.4. The van der Waals surface area contributed by atoms with Crippen LogP contribution in [0, 0.1) is 5.92 Å². The van der Waals surface area contributed by atoms with E-state index < -0.39 is 16.0 Å². The second-order valence-electron chi connectivity index (χ2n) is 9.60. The number of allylic oxidation sites excluding steroid dienone is 3. The monoisotopic (exact) mass is 580 g/mol. The molecule has 4 aliphatic rings. The Morgan fingerprint density at radius 1 is 1.16 bits per heavy atom. The Labute approximate surface area is 236 Å². The van der Waals surface area contributed by atoms with Crippen LogP contribution in [0.4, 0.5) is 0 Å². The van der Waals surface area contributed by atoms with Crippen molar-refractivity contribution in [3.8, 4) is 0 Å². The lowest BCUT2D eigenvalue weighted by molar-refractivity contribution is -0.117. The summed E-state index contributed by atoms with van der Waals surface area (Å²) in [6.07, 6.45) is 15.2. The normalized spacial score (nSPS) is 20.7. The van der Waals surface area contributed by atoms with E-state index in [1.165, 1.54) is 5.56 Å². The smallest absolute Gasteiger partial charge is 0.297 e. The topological polar surface area (TPSA) is 102 Å². The molecule has 0 bridgehead atoms. The van der Waals surface area contributed by atoms with Gasteiger partial charge < -0.3 is 20.4 Å². The zero-order valence-electron chi connectivity index (χ0n) is 21.0. The maximum atomic E-state index is 13.0. The Morgan fingerprint density at radius 3 is 2.61 bits per heavy atom. The third kappa shape index (κ3) is 6.64. The van der Waals surface area contributed by atoms with Crippen molar-refractivity contribution in [1.82, 2.24) is 20.4 Å². The molecule has 0 saturated carbocycles. The summed E-state index contributed by atoms with van der Waals surface area (Å²) in [5.41, 5.74) is 1.54. The van der Waals surface area contributed by atoms with E-state index >= 15 is 0 Å². The second kappa shape index (κ2) is 12.9. The van der Waals surface area contributed by atoms with Gasteiger partial charge in [0.1, 0.15) is 10.7 Å². The quantitative estimate of drug-likeness (QED) is 0.317. The van der Waals surface area contributed by atoms with Gasteiger partial charge in [-0.2, -0.15) is 8.42 Å². The maximum Gasteiger partial charge on any atom is 0.297 e. The van der Waals surface area contributed by atoms with E-state index in [1.54, 1.807) is 23.1 Å². The third-order valence-electron chi connectivity index (χ3n) is 7.19. The van der Waals surface area contributed by atoms with Gasteiger partial charge in [0.2, 0.25) is 0 Å². The number of likely N-dealkylation sites (tertiary alicyclic amines) is 1. The number of hydrogen-bond donors (Lipinski definition) is 3. The van der Waals surface area contributed by atoms with Crippen LogP contribution in [-0.2, 0) is 14.9 Å². The second-order valence-corrected chi connectivity index (χ2v) is 11.0. The number of nitrogens with zero attached hydrogens (tertiary/aromatic N) is 2. The molecule has 206 valence electrons. The van der Waals surface area contributed by atoms with E-state index in [-0.39, 0.29) is 41.3 Å². The molecule has 1 aromatic carbocycles. The van der Waals surface area contributed by atoms with Crippen LogP contribution in [0.5, 0.6) is 0 Å². The number of carbonyl (C=O) groups is 1. The first-order valence-electron chi connectivity index (χ1n) is 12.5. The maximum absolute atomic E-state index is 13.0. The van der Waals surface area contributed by atoms with Gasteiger partial charge in [0.15, 0.2) is 0 Å². The highest BCUT2D eigenvalue weighted by Gasteiger charge is 2.41. The van der Waals surface area contributed by atoms with Crippen molar-refractivity contribution in [3.63, 3.8) is 0 Å². The van der Waals surface area contributed by atoms with Crippen LogP contribution in [0.3, 0.4) is 0 Å². The number of rotatable bonds is 8. The molecule has 1 aromatic rings. The molecule has 1 amide bonds. The summed E-state index contributed by atoms with van der Waals surface area (Å²) >= 11 is 0. The fourth-order valence-electron chi connectivity index (χ4n) is 5.33. The van der Waals surface area contributed by atoms with Gasteiger partial charge in [-0.1, -0.05) is 36.4 Å². The highest BCUT2D eigenvalue weighted by atomic mass is 35.5. The number of benzene rings is 1. The molecule has 4 aliphatic heterocycles. The number of carbonyl (C=O) groups excluding carboxylic acids is 1. The van der Waals surface area contributed by atoms with Gasteiger partial charge in [-0.3, -0.25) is 9.35 Å². The highest BCUT2D eigenvalue weighted by molar-refractivity contribution is 7.90. The third-order valence-corrected chi connectivity index (χ3v) is 8.14. The first-order chi connectivity index (χ1) is 17.4. The van der Waals surface area contributed by atoms with Crippen LogP contribution in [0.1, 0.15) is 31.2 Å². The number of amides is 1. The summed E-state index contributed by atoms with van der Waals surface area (Å²) in [6.45, 7) is 3.07.